The van der Waals surface area contributed by atoms with Crippen LogP contribution in [0.5, 0.6) is 0 Å². The van der Waals surface area contributed by atoms with Gasteiger partial charge in [0.1, 0.15) is 0 Å². The standard InChI is InChI=1S/2C5H5.CH3ClO.Ti/c2*1-2-4-5-3-1;1-3-2;/h2*1-3H,4H2;1H3;/q2*-1;;+2. The summed E-state index contributed by atoms with van der Waals surface area (Å²) in [6.07, 6.45) is 20.0. The van der Waals surface area contributed by atoms with Crippen molar-refractivity contribution < 1.29 is 26.0 Å². The van der Waals surface area contributed by atoms with Crippen LogP contribution in [0.2, 0.25) is 0 Å². The Labute approximate surface area is 106 Å². The molecule has 0 aliphatic heterocycles. The second kappa shape index (κ2) is 15.4. The van der Waals surface area contributed by atoms with Gasteiger partial charge in [0.25, 0.3) is 0 Å². The van der Waals surface area contributed by atoms with Crippen LogP contribution in [-0.2, 0) is 26.0 Å². The molecule has 0 aromatic rings. The monoisotopic (exact) mass is 244 g/mol. The van der Waals surface area contributed by atoms with Gasteiger partial charge >= 0.3 is 21.7 Å². The Kier molecular flexibility index (Phi) is 18.0. The number of hydrogen-bond acceptors (Lipinski definition) is 1. The minimum absolute atomic E-state index is 0. The summed E-state index contributed by atoms with van der Waals surface area (Å²) in [4.78, 5) is 0. The maximum Gasteiger partial charge on any atom is 2.00 e. The fourth-order valence-corrected chi connectivity index (χ4v) is 0.680. The van der Waals surface area contributed by atoms with Gasteiger partial charge < -0.3 is 0 Å². The Hall–Kier alpha value is -0.0757. The van der Waals surface area contributed by atoms with Gasteiger partial charge in [-0.2, -0.15) is 12.2 Å². The fourth-order valence-electron chi connectivity index (χ4n) is 0.680. The van der Waals surface area contributed by atoms with E-state index >= 15 is 0 Å². The van der Waals surface area contributed by atoms with E-state index < -0.39 is 0 Å². The van der Waals surface area contributed by atoms with Crippen LogP contribution >= 0.6 is 11.9 Å². The van der Waals surface area contributed by atoms with Crippen molar-refractivity contribution in [2.24, 2.45) is 0 Å². The zero-order valence-electron chi connectivity index (χ0n) is 8.16. The van der Waals surface area contributed by atoms with E-state index in [2.05, 4.69) is 40.5 Å². The molecule has 0 N–H and O–H groups in total. The van der Waals surface area contributed by atoms with Crippen LogP contribution in [0.4, 0.5) is 0 Å². The topological polar surface area (TPSA) is 9.23 Å². The smallest absolute Gasteiger partial charge is 0.283 e. The zero-order chi connectivity index (χ0) is 9.78. The van der Waals surface area contributed by atoms with Crippen LogP contribution in [0.25, 0.3) is 0 Å². The molecule has 2 aliphatic carbocycles. The van der Waals surface area contributed by atoms with Gasteiger partial charge in [0, 0.05) is 0 Å². The molecule has 2 rings (SSSR count). The molecule has 0 fully saturated rings. The van der Waals surface area contributed by atoms with Gasteiger partial charge in [-0.15, -0.1) is 12.8 Å². The van der Waals surface area contributed by atoms with E-state index in [9.17, 15) is 0 Å². The third-order valence-corrected chi connectivity index (χ3v) is 1.17. The van der Waals surface area contributed by atoms with Crippen LogP contribution < -0.4 is 0 Å². The molecule has 0 radical (unpaired) electrons. The first-order valence-corrected chi connectivity index (χ1v) is 4.31. The molecule has 0 aromatic heterocycles. The summed E-state index contributed by atoms with van der Waals surface area (Å²) in [5, 5.41) is 0. The molecule has 0 heterocycles. The number of halogens is 1. The average Bonchev–Trinajstić information content (AvgIpc) is 2.85. The third-order valence-electron chi connectivity index (χ3n) is 1.17. The first-order valence-electron chi connectivity index (χ1n) is 4.00. The molecular formula is C11H13ClOTi. The van der Waals surface area contributed by atoms with E-state index in [-0.39, 0.29) is 21.7 Å². The Morgan fingerprint density at radius 2 is 1.43 bits per heavy atom. The quantitative estimate of drug-likeness (QED) is 0.469. The van der Waals surface area contributed by atoms with Crippen molar-refractivity contribution in [2.45, 2.75) is 12.8 Å². The predicted molar refractivity (Wildman–Crippen MR) is 56.0 cm³/mol. The van der Waals surface area contributed by atoms with Crippen LogP contribution in [0.1, 0.15) is 12.8 Å². The molecule has 3 heteroatoms. The first-order chi connectivity index (χ1) is 6.41. The van der Waals surface area contributed by atoms with E-state index in [0.717, 1.165) is 12.8 Å². The second-order valence-electron chi connectivity index (χ2n) is 2.16. The van der Waals surface area contributed by atoms with E-state index in [1.807, 2.05) is 24.3 Å². The van der Waals surface area contributed by atoms with Crippen molar-refractivity contribution in [1.29, 1.82) is 0 Å². The maximum atomic E-state index is 4.50. The van der Waals surface area contributed by atoms with Crippen molar-refractivity contribution in [2.75, 3.05) is 7.11 Å². The van der Waals surface area contributed by atoms with Crippen LogP contribution in [0.15, 0.2) is 36.5 Å². The third kappa shape index (κ3) is 14.4. The van der Waals surface area contributed by atoms with Crippen molar-refractivity contribution in [1.82, 2.24) is 0 Å². The molecule has 1 nitrogen and oxygen atoms in total. The van der Waals surface area contributed by atoms with Crippen LogP contribution in [0.3, 0.4) is 0 Å². The molecule has 0 saturated carbocycles. The van der Waals surface area contributed by atoms with Gasteiger partial charge in [-0.25, -0.2) is 24.3 Å². The first kappa shape index (κ1) is 16.4. The van der Waals surface area contributed by atoms with Gasteiger partial charge in [-0.1, -0.05) is 0 Å². The summed E-state index contributed by atoms with van der Waals surface area (Å²) >= 11 is 4.50. The Morgan fingerprint density at radius 1 is 1.07 bits per heavy atom. The van der Waals surface area contributed by atoms with Crippen LogP contribution in [-0.4, -0.2) is 7.11 Å². The van der Waals surface area contributed by atoms with Gasteiger partial charge in [0.05, 0.1) is 19.0 Å². The zero-order valence-corrected chi connectivity index (χ0v) is 10.5. The molecule has 0 saturated heterocycles. The van der Waals surface area contributed by atoms with Crippen molar-refractivity contribution in [3.8, 4) is 0 Å². The summed E-state index contributed by atoms with van der Waals surface area (Å²) in [5.41, 5.74) is 0. The molecule has 0 amide bonds. The molecule has 2 aliphatic rings. The summed E-state index contributed by atoms with van der Waals surface area (Å²) < 4.78 is 3.72. The maximum absolute atomic E-state index is 4.50. The molecule has 0 unspecified atom stereocenters. The summed E-state index contributed by atoms with van der Waals surface area (Å²) in [6, 6.07) is 0. The average molecular weight is 245 g/mol. The van der Waals surface area contributed by atoms with Gasteiger partial charge in [0.15, 0.2) is 0 Å². The predicted octanol–water partition coefficient (Wildman–Crippen LogP) is 3.40. The minimum atomic E-state index is 0. The minimum Gasteiger partial charge on any atom is -0.283 e. The molecule has 0 spiro atoms. The van der Waals surface area contributed by atoms with Gasteiger partial charge in [-0.3, -0.25) is 16.4 Å². The number of hydrogen-bond donors (Lipinski definition) is 0. The molecule has 14 heavy (non-hydrogen) atoms. The molecule has 0 bridgehead atoms. The summed E-state index contributed by atoms with van der Waals surface area (Å²) in [5.74, 6) is 0. The van der Waals surface area contributed by atoms with E-state index in [0.29, 0.717) is 0 Å². The second-order valence-corrected chi connectivity index (χ2v) is 2.47. The van der Waals surface area contributed by atoms with Crippen molar-refractivity contribution in [3.63, 3.8) is 0 Å². The Bertz CT molecular complexity index is 165. The largest absolute Gasteiger partial charge is 2.00 e. The Balaban J connectivity index is 0. The number of allylic oxidation sites excluding steroid dienone is 8. The van der Waals surface area contributed by atoms with Crippen LogP contribution in [0, 0.1) is 12.2 Å². The van der Waals surface area contributed by atoms with Gasteiger partial charge in [-0.05, 0) is 0 Å². The Morgan fingerprint density at radius 3 is 1.50 bits per heavy atom. The molecule has 74 valence electrons. The molecule has 0 aromatic carbocycles. The summed E-state index contributed by atoms with van der Waals surface area (Å²) in [7, 11) is 1.39. The number of rotatable bonds is 0. The molecular weight excluding hydrogens is 231 g/mol. The van der Waals surface area contributed by atoms with E-state index in [4.69, 9.17) is 0 Å². The SMILES string of the molecule is COCl.[C-]1=CC=CC1.[C-]1=CC=CC1.[Ti+2]. The fraction of sp³-hybridized carbons (Fsp3) is 0.273. The summed E-state index contributed by atoms with van der Waals surface area (Å²) in [6.45, 7) is 0. The van der Waals surface area contributed by atoms with Gasteiger partial charge in [0.2, 0.25) is 0 Å². The van der Waals surface area contributed by atoms with E-state index in [1.165, 1.54) is 7.11 Å². The molecule has 0 atom stereocenters. The van der Waals surface area contributed by atoms with Crippen molar-refractivity contribution in [3.05, 3.63) is 48.6 Å². The van der Waals surface area contributed by atoms with Crippen molar-refractivity contribution >= 4 is 11.9 Å². The normalized spacial score (nSPS) is 13.9. The van der Waals surface area contributed by atoms with E-state index in [1.54, 1.807) is 0 Å².